The number of sulfonamides is 1. The zero-order chi connectivity index (χ0) is 30.1. The molecular weight excluding hydrogens is 564 g/mol. The van der Waals surface area contributed by atoms with E-state index < -0.39 is 38.3 Å². The van der Waals surface area contributed by atoms with Crippen molar-refractivity contribution in [1.29, 1.82) is 0 Å². The maximum atomic E-state index is 13.8. The summed E-state index contributed by atoms with van der Waals surface area (Å²) in [5.41, 5.74) is -0.559. The molecule has 42 heavy (non-hydrogen) atoms. The van der Waals surface area contributed by atoms with Crippen LogP contribution >= 0.6 is 0 Å². The molecule has 1 aliphatic carbocycles. The van der Waals surface area contributed by atoms with Gasteiger partial charge in [0, 0.05) is 31.0 Å². The summed E-state index contributed by atoms with van der Waals surface area (Å²) in [6, 6.07) is 4.88. The zero-order valence-corrected chi connectivity index (χ0v) is 24.5. The van der Waals surface area contributed by atoms with Gasteiger partial charge >= 0.3 is 6.09 Å². The van der Waals surface area contributed by atoms with E-state index >= 15 is 0 Å². The average molecular weight is 597 g/mol. The van der Waals surface area contributed by atoms with Crippen molar-refractivity contribution in [3.8, 4) is 17.1 Å². The Morgan fingerprint density at radius 1 is 1.07 bits per heavy atom. The van der Waals surface area contributed by atoms with Crippen molar-refractivity contribution in [2.24, 2.45) is 0 Å². The Bertz CT molecular complexity index is 1580. The Kier molecular flexibility index (Phi) is 7.70. The maximum absolute atomic E-state index is 13.8. The summed E-state index contributed by atoms with van der Waals surface area (Å²) < 4.78 is 38.2. The minimum absolute atomic E-state index is 0.0442. The van der Waals surface area contributed by atoms with Crippen molar-refractivity contribution in [3.63, 3.8) is 0 Å². The number of anilines is 2. The number of likely N-dealkylation sites (tertiary alicyclic amines) is 1. The summed E-state index contributed by atoms with van der Waals surface area (Å²) in [5.74, 6) is 0.0320. The number of pyridine rings is 1. The molecule has 14 nitrogen and oxygen atoms in total. The number of aromatic nitrogens is 5. The fourth-order valence-electron chi connectivity index (χ4n) is 4.31. The summed E-state index contributed by atoms with van der Waals surface area (Å²) in [6.45, 7) is 7.47. The largest absolute Gasteiger partial charge is 0.477 e. The number of amides is 2. The lowest BCUT2D eigenvalue weighted by atomic mass is 9.75. The van der Waals surface area contributed by atoms with Crippen LogP contribution in [0.3, 0.4) is 0 Å². The fraction of sp³-hybridized carbons (Fsp3) is 0.444. The van der Waals surface area contributed by atoms with E-state index in [9.17, 15) is 18.0 Å². The van der Waals surface area contributed by atoms with Crippen LogP contribution in [0.2, 0.25) is 0 Å². The molecule has 15 heteroatoms. The van der Waals surface area contributed by atoms with Crippen molar-refractivity contribution < 1.29 is 27.5 Å². The van der Waals surface area contributed by atoms with Gasteiger partial charge in [0.05, 0.1) is 35.6 Å². The van der Waals surface area contributed by atoms with Crippen LogP contribution in [0.15, 0.2) is 43.0 Å². The molecule has 0 unspecified atom stereocenters. The standard InChI is InChI=1S/C27H32N8O6S/c1-5-40-22-14-28-13-19(31-22)17-6-9-21(30-12-17)33-23(36)27(15-35(16-27)25(37)41-26(2,3)4)20-10-11-29-24(32-20)34-42(38,39)18-7-8-18/h6,9-14,18H,5,7-8,15-16H2,1-4H3,(H,29,32,34)(H,30,33,36). The molecule has 1 saturated heterocycles. The first kappa shape index (κ1) is 29.1. The van der Waals surface area contributed by atoms with E-state index in [2.05, 4.69) is 35.0 Å². The summed E-state index contributed by atoms with van der Waals surface area (Å²) in [4.78, 5) is 49.2. The van der Waals surface area contributed by atoms with E-state index in [0.29, 0.717) is 36.6 Å². The third kappa shape index (κ3) is 6.40. The van der Waals surface area contributed by atoms with Crippen LogP contribution in [0.4, 0.5) is 16.6 Å². The molecule has 0 bridgehead atoms. The van der Waals surface area contributed by atoms with Crippen LogP contribution in [-0.4, -0.2) is 80.8 Å². The van der Waals surface area contributed by atoms with Gasteiger partial charge in [0.15, 0.2) is 0 Å². The van der Waals surface area contributed by atoms with Gasteiger partial charge in [-0.05, 0) is 58.7 Å². The van der Waals surface area contributed by atoms with Gasteiger partial charge in [0.2, 0.25) is 27.8 Å². The summed E-state index contributed by atoms with van der Waals surface area (Å²) in [7, 11) is -3.63. The predicted octanol–water partition coefficient (Wildman–Crippen LogP) is 2.76. The fourth-order valence-corrected chi connectivity index (χ4v) is 5.58. The summed E-state index contributed by atoms with van der Waals surface area (Å²) >= 11 is 0. The summed E-state index contributed by atoms with van der Waals surface area (Å²) in [6.07, 6.45) is 6.59. The lowest BCUT2D eigenvalue weighted by Gasteiger charge is -2.47. The van der Waals surface area contributed by atoms with Crippen LogP contribution in [0, 0.1) is 0 Å². The van der Waals surface area contributed by atoms with Crippen molar-refractivity contribution in [2.45, 2.75) is 56.8 Å². The normalized spacial score (nSPS) is 16.2. The second kappa shape index (κ2) is 11.1. The molecule has 2 N–H and O–H groups in total. The highest BCUT2D eigenvalue weighted by Crippen LogP contribution is 2.37. The van der Waals surface area contributed by atoms with E-state index in [4.69, 9.17) is 9.47 Å². The van der Waals surface area contributed by atoms with Crippen molar-refractivity contribution in [2.75, 3.05) is 29.7 Å². The molecule has 1 aliphatic heterocycles. The molecule has 4 heterocycles. The third-order valence-electron chi connectivity index (χ3n) is 6.56. The Hall–Kier alpha value is -4.40. The van der Waals surface area contributed by atoms with E-state index in [1.54, 1.807) is 45.3 Å². The Morgan fingerprint density at radius 3 is 2.48 bits per heavy atom. The van der Waals surface area contributed by atoms with Crippen LogP contribution in [-0.2, 0) is 25.0 Å². The molecule has 3 aromatic heterocycles. The maximum Gasteiger partial charge on any atom is 0.410 e. The molecule has 222 valence electrons. The predicted molar refractivity (Wildman–Crippen MR) is 152 cm³/mol. The first-order chi connectivity index (χ1) is 19.9. The number of carbonyl (C=O) groups is 2. The lowest BCUT2D eigenvalue weighted by molar-refractivity contribution is -0.127. The second-order valence-electron chi connectivity index (χ2n) is 11.1. The molecular formula is C27H32N8O6S. The van der Waals surface area contributed by atoms with Crippen molar-refractivity contribution >= 4 is 33.8 Å². The van der Waals surface area contributed by atoms with Gasteiger partial charge in [0.1, 0.15) is 16.8 Å². The second-order valence-corrected chi connectivity index (χ2v) is 13.1. The molecule has 0 radical (unpaired) electrons. The van der Waals surface area contributed by atoms with E-state index in [1.165, 1.54) is 23.4 Å². The molecule has 3 aromatic rings. The third-order valence-corrected chi connectivity index (χ3v) is 8.37. The van der Waals surface area contributed by atoms with E-state index in [0.717, 1.165) is 0 Å². The molecule has 0 spiro atoms. The smallest absolute Gasteiger partial charge is 0.410 e. The molecule has 1 saturated carbocycles. The van der Waals surface area contributed by atoms with Gasteiger partial charge in [-0.2, -0.15) is 0 Å². The van der Waals surface area contributed by atoms with Gasteiger partial charge in [-0.25, -0.2) is 33.1 Å². The van der Waals surface area contributed by atoms with E-state index in [1.807, 2.05) is 6.92 Å². The Labute approximate surface area is 243 Å². The van der Waals surface area contributed by atoms with Crippen LogP contribution in [0.5, 0.6) is 5.88 Å². The van der Waals surface area contributed by atoms with Gasteiger partial charge in [-0.3, -0.25) is 14.5 Å². The minimum Gasteiger partial charge on any atom is -0.477 e. The highest BCUT2D eigenvalue weighted by Gasteiger charge is 2.55. The van der Waals surface area contributed by atoms with Gasteiger partial charge < -0.3 is 19.7 Å². The van der Waals surface area contributed by atoms with E-state index in [-0.39, 0.29) is 30.5 Å². The number of nitrogens with zero attached hydrogens (tertiary/aromatic N) is 6. The van der Waals surface area contributed by atoms with Gasteiger partial charge in [-0.15, -0.1) is 0 Å². The lowest BCUT2D eigenvalue weighted by Crippen LogP contribution is -2.67. The number of nitrogens with one attached hydrogen (secondary N) is 2. The van der Waals surface area contributed by atoms with Gasteiger partial charge in [0.25, 0.3) is 0 Å². The Morgan fingerprint density at radius 2 is 1.83 bits per heavy atom. The average Bonchev–Trinajstić information content (AvgIpc) is 3.75. The van der Waals surface area contributed by atoms with Crippen molar-refractivity contribution in [3.05, 3.63) is 48.7 Å². The Balaban J connectivity index is 1.38. The van der Waals surface area contributed by atoms with Crippen LogP contribution < -0.4 is 14.8 Å². The molecule has 2 aliphatic rings. The van der Waals surface area contributed by atoms with Crippen molar-refractivity contribution in [1.82, 2.24) is 29.8 Å². The SMILES string of the molecule is CCOc1cncc(-c2ccc(NC(=O)C3(c4ccnc(NS(=O)(=O)C5CC5)n4)CN(C(=O)OC(C)(C)C)C3)nc2)n1. The number of ether oxygens (including phenoxy) is 2. The van der Waals surface area contributed by atoms with Gasteiger partial charge in [-0.1, -0.05) is 0 Å². The molecule has 5 rings (SSSR count). The van der Waals surface area contributed by atoms with Crippen LogP contribution in [0.25, 0.3) is 11.3 Å². The highest BCUT2D eigenvalue weighted by atomic mass is 32.2. The monoisotopic (exact) mass is 596 g/mol. The first-order valence-electron chi connectivity index (χ1n) is 13.4. The number of hydrogen-bond acceptors (Lipinski definition) is 11. The number of rotatable bonds is 9. The van der Waals surface area contributed by atoms with Crippen LogP contribution in [0.1, 0.15) is 46.2 Å². The molecule has 2 fully saturated rings. The number of carbonyl (C=O) groups excluding carboxylic acids is 2. The zero-order valence-electron chi connectivity index (χ0n) is 23.7. The molecule has 0 aromatic carbocycles. The molecule has 2 amide bonds. The first-order valence-corrected chi connectivity index (χ1v) is 15.0. The molecule has 0 atom stereocenters. The topological polar surface area (TPSA) is 178 Å². The summed E-state index contributed by atoms with van der Waals surface area (Å²) in [5, 5.41) is 2.33. The highest BCUT2D eigenvalue weighted by molar-refractivity contribution is 7.93. The minimum atomic E-state index is -3.63. The number of hydrogen-bond donors (Lipinski definition) is 2. The quantitative estimate of drug-likeness (QED) is 0.371.